The Kier molecular flexibility index (Phi) is 3.31. The first-order chi connectivity index (χ1) is 7.20. The monoisotopic (exact) mass is 227 g/mol. The zero-order valence-corrected chi connectivity index (χ0v) is 10.8. The molecule has 0 radical (unpaired) electrons. The van der Waals surface area contributed by atoms with E-state index < -0.39 is 11.1 Å². The Morgan fingerprint density at radius 2 is 2.06 bits per heavy atom. The number of carbonyl (C=O) groups is 2. The molecule has 0 N–H and O–H groups in total. The van der Waals surface area contributed by atoms with Crippen LogP contribution in [0, 0.1) is 0 Å². The van der Waals surface area contributed by atoms with Crippen molar-refractivity contribution in [1.82, 2.24) is 4.90 Å². The summed E-state index contributed by atoms with van der Waals surface area (Å²) in [4.78, 5) is 25.2. The highest BCUT2D eigenvalue weighted by atomic mass is 16.6. The number of ether oxygens (including phenoxy) is 1. The summed E-state index contributed by atoms with van der Waals surface area (Å²) < 4.78 is 5.30. The van der Waals surface area contributed by atoms with Crippen LogP contribution in [0.15, 0.2) is 0 Å². The summed E-state index contributed by atoms with van der Waals surface area (Å²) in [6, 6.07) is 0. The Labute approximate surface area is 96.9 Å². The summed E-state index contributed by atoms with van der Waals surface area (Å²) in [5, 5.41) is 0. The van der Waals surface area contributed by atoms with Gasteiger partial charge in [-0.15, -0.1) is 0 Å². The molecule has 1 fully saturated rings. The van der Waals surface area contributed by atoms with Crippen LogP contribution in [-0.2, 0) is 9.53 Å². The van der Waals surface area contributed by atoms with Gasteiger partial charge in [0.1, 0.15) is 11.1 Å². The molecule has 92 valence electrons. The second-order valence-electron chi connectivity index (χ2n) is 5.43. The van der Waals surface area contributed by atoms with E-state index >= 15 is 0 Å². The van der Waals surface area contributed by atoms with Gasteiger partial charge in [0, 0.05) is 13.0 Å². The number of carbonyl (C=O) groups excluding carboxylic acids is 2. The fourth-order valence-corrected chi connectivity index (χ4v) is 1.88. The molecule has 0 saturated carbocycles. The van der Waals surface area contributed by atoms with Gasteiger partial charge in [0.25, 0.3) is 0 Å². The number of hydrogen-bond acceptors (Lipinski definition) is 3. The van der Waals surface area contributed by atoms with Gasteiger partial charge in [-0.25, -0.2) is 4.79 Å². The first-order valence-corrected chi connectivity index (χ1v) is 5.74. The maximum absolute atomic E-state index is 11.9. The first kappa shape index (κ1) is 13.0. The van der Waals surface area contributed by atoms with E-state index in [0.717, 1.165) is 0 Å². The van der Waals surface area contributed by atoms with E-state index in [-0.39, 0.29) is 11.9 Å². The van der Waals surface area contributed by atoms with Gasteiger partial charge in [0.15, 0.2) is 5.78 Å². The molecule has 1 heterocycles. The Bertz CT molecular complexity index is 306. The standard InChI is InChI=1S/C12H21NO3/c1-6-12(5)9(14)7-8-13(12)10(15)16-11(2,3)4/h6-8H2,1-5H3. The molecule has 1 unspecified atom stereocenters. The summed E-state index contributed by atoms with van der Waals surface area (Å²) in [5.41, 5.74) is -1.19. The van der Waals surface area contributed by atoms with Crippen molar-refractivity contribution in [2.45, 2.75) is 58.6 Å². The number of likely N-dealkylation sites (tertiary alicyclic amines) is 1. The van der Waals surface area contributed by atoms with Crippen LogP contribution in [0.3, 0.4) is 0 Å². The van der Waals surface area contributed by atoms with E-state index in [1.807, 2.05) is 34.6 Å². The Balaban J connectivity index is 2.81. The largest absolute Gasteiger partial charge is 0.444 e. The number of ketones is 1. The fraction of sp³-hybridized carbons (Fsp3) is 0.833. The molecule has 4 heteroatoms. The Hall–Kier alpha value is -1.06. The maximum Gasteiger partial charge on any atom is 0.411 e. The molecule has 0 spiro atoms. The lowest BCUT2D eigenvalue weighted by molar-refractivity contribution is -0.124. The average molecular weight is 227 g/mol. The molecule has 0 aliphatic carbocycles. The fourth-order valence-electron chi connectivity index (χ4n) is 1.88. The molecular formula is C12H21NO3. The summed E-state index contributed by atoms with van der Waals surface area (Å²) >= 11 is 0. The average Bonchev–Trinajstić information content (AvgIpc) is 2.42. The molecular weight excluding hydrogens is 206 g/mol. The minimum absolute atomic E-state index is 0.126. The summed E-state index contributed by atoms with van der Waals surface area (Å²) in [6.07, 6.45) is 0.678. The van der Waals surface area contributed by atoms with Crippen LogP contribution in [0.5, 0.6) is 0 Å². The third kappa shape index (κ3) is 2.36. The van der Waals surface area contributed by atoms with E-state index in [0.29, 0.717) is 19.4 Å². The molecule has 1 rings (SSSR count). The van der Waals surface area contributed by atoms with E-state index in [4.69, 9.17) is 4.74 Å². The van der Waals surface area contributed by atoms with Crippen LogP contribution < -0.4 is 0 Å². The van der Waals surface area contributed by atoms with Crippen LogP contribution in [0.4, 0.5) is 4.79 Å². The van der Waals surface area contributed by atoms with Gasteiger partial charge in [0.2, 0.25) is 0 Å². The van der Waals surface area contributed by atoms with Crippen molar-refractivity contribution < 1.29 is 14.3 Å². The number of amides is 1. The maximum atomic E-state index is 11.9. The van der Waals surface area contributed by atoms with Crippen LogP contribution in [0.25, 0.3) is 0 Å². The second kappa shape index (κ2) is 4.07. The third-order valence-electron chi connectivity index (χ3n) is 3.06. The molecule has 1 amide bonds. The van der Waals surface area contributed by atoms with Gasteiger partial charge < -0.3 is 4.74 Å². The number of nitrogens with zero attached hydrogens (tertiary/aromatic N) is 1. The van der Waals surface area contributed by atoms with Crippen LogP contribution in [-0.4, -0.2) is 34.5 Å². The molecule has 16 heavy (non-hydrogen) atoms. The molecule has 0 aromatic carbocycles. The van der Waals surface area contributed by atoms with Crippen molar-refractivity contribution in [2.24, 2.45) is 0 Å². The van der Waals surface area contributed by atoms with Crippen LogP contribution >= 0.6 is 0 Å². The van der Waals surface area contributed by atoms with E-state index in [2.05, 4.69) is 0 Å². The highest BCUT2D eigenvalue weighted by molar-refractivity contribution is 5.94. The predicted molar refractivity (Wildman–Crippen MR) is 61.3 cm³/mol. The van der Waals surface area contributed by atoms with Gasteiger partial charge in [-0.05, 0) is 34.1 Å². The minimum Gasteiger partial charge on any atom is -0.444 e. The number of hydrogen-bond donors (Lipinski definition) is 0. The topological polar surface area (TPSA) is 46.6 Å². The van der Waals surface area contributed by atoms with Gasteiger partial charge >= 0.3 is 6.09 Å². The van der Waals surface area contributed by atoms with Crippen molar-refractivity contribution in [3.63, 3.8) is 0 Å². The number of rotatable bonds is 1. The highest BCUT2D eigenvalue weighted by Crippen LogP contribution is 2.30. The Morgan fingerprint density at radius 3 is 2.50 bits per heavy atom. The lowest BCUT2D eigenvalue weighted by atomic mass is 9.94. The molecule has 4 nitrogen and oxygen atoms in total. The van der Waals surface area contributed by atoms with Gasteiger partial charge in [-0.2, -0.15) is 0 Å². The van der Waals surface area contributed by atoms with E-state index in [1.54, 1.807) is 4.90 Å². The normalized spacial score (nSPS) is 26.1. The molecule has 1 aliphatic heterocycles. The highest BCUT2D eigenvalue weighted by Gasteiger charge is 2.46. The van der Waals surface area contributed by atoms with Gasteiger partial charge in [0.05, 0.1) is 0 Å². The zero-order valence-electron chi connectivity index (χ0n) is 10.8. The SMILES string of the molecule is CCC1(C)C(=O)CCN1C(=O)OC(C)(C)C. The predicted octanol–water partition coefficient (Wildman–Crippen LogP) is 2.37. The molecule has 1 saturated heterocycles. The lowest BCUT2D eigenvalue weighted by Gasteiger charge is -2.34. The summed E-state index contributed by atoms with van der Waals surface area (Å²) in [5.74, 6) is 0.126. The van der Waals surface area contributed by atoms with Crippen molar-refractivity contribution >= 4 is 11.9 Å². The number of Topliss-reactive ketones (excluding diaryl/α,β-unsaturated/α-hetero) is 1. The zero-order chi connectivity index (χ0) is 12.6. The van der Waals surface area contributed by atoms with Gasteiger partial charge in [-0.3, -0.25) is 9.69 Å². The molecule has 1 aliphatic rings. The minimum atomic E-state index is -0.678. The lowest BCUT2D eigenvalue weighted by Crippen LogP contribution is -2.50. The van der Waals surface area contributed by atoms with Crippen LogP contribution in [0.1, 0.15) is 47.5 Å². The van der Waals surface area contributed by atoms with Crippen molar-refractivity contribution in [3.05, 3.63) is 0 Å². The quantitative estimate of drug-likeness (QED) is 0.691. The summed E-state index contributed by atoms with van der Waals surface area (Å²) in [6.45, 7) is 9.68. The third-order valence-corrected chi connectivity index (χ3v) is 3.06. The molecule has 0 aromatic heterocycles. The smallest absolute Gasteiger partial charge is 0.411 e. The van der Waals surface area contributed by atoms with Crippen molar-refractivity contribution in [1.29, 1.82) is 0 Å². The molecule has 0 bridgehead atoms. The van der Waals surface area contributed by atoms with Gasteiger partial charge in [-0.1, -0.05) is 6.92 Å². The molecule has 0 aromatic rings. The summed E-state index contributed by atoms with van der Waals surface area (Å²) in [7, 11) is 0. The molecule has 1 atom stereocenters. The van der Waals surface area contributed by atoms with E-state index in [1.165, 1.54) is 0 Å². The Morgan fingerprint density at radius 1 is 1.50 bits per heavy atom. The van der Waals surface area contributed by atoms with Crippen LogP contribution in [0.2, 0.25) is 0 Å². The van der Waals surface area contributed by atoms with Crippen molar-refractivity contribution in [2.75, 3.05) is 6.54 Å². The second-order valence-corrected chi connectivity index (χ2v) is 5.43. The van der Waals surface area contributed by atoms with E-state index in [9.17, 15) is 9.59 Å². The van der Waals surface area contributed by atoms with Crippen molar-refractivity contribution in [3.8, 4) is 0 Å². The first-order valence-electron chi connectivity index (χ1n) is 5.74.